The van der Waals surface area contributed by atoms with Crippen LogP contribution in [-0.2, 0) is 4.79 Å². The fourth-order valence-electron chi connectivity index (χ4n) is 4.76. The molecule has 0 aromatic heterocycles. The minimum atomic E-state index is 0.0931. The number of aldehydes is 1. The maximum atomic E-state index is 11.1. The summed E-state index contributed by atoms with van der Waals surface area (Å²) < 4.78 is 0. The summed E-state index contributed by atoms with van der Waals surface area (Å²) in [5.74, 6) is 1.38. The van der Waals surface area contributed by atoms with Crippen LogP contribution in [0.2, 0.25) is 0 Å². The number of carbonyl (C=O) groups excluding carboxylic acids is 1. The lowest BCUT2D eigenvalue weighted by Gasteiger charge is -2.29. The molecule has 114 valence electrons. The van der Waals surface area contributed by atoms with Crippen LogP contribution in [0.3, 0.4) is 0 Å². The van der Waals surface area contributed by atoms with E-state index in [9.17, 15) is 4.79 Å². The van der Waals surface area contributed by atoms with E-state index < -0.39 is 0 Å². The van der Waals surface area contributed by atoms with Crippen LogP contribution in [0.25, 0.3) is 0 Å². The van der Waals surface area contributed by atoms with E-state index in [1.807, 2.05) is 0 Å². The predicted molar refractivity (Wildman–Crippen MR) is 86.8 cm³/mol. The topological polar surface area (TPSA) is 20.3 Å². The summed E-state index contributed by atoms with van der Waals surface area (Å²) in [7, 11) is 0. The number of nitrogens with zero attached hydrogens (tertiary/aromatic N) is 1. The standard InChI is InChI=1S/C19H27NO/c1-4-20-17-13-15-8-6-5-7-14(15)9-10-16(17)19(2,3)18(20)11-12-21/h6,8,11-14,16-17H,4-5,7,9-10H2,1-3H3/b18-11-. The van der Waals surface area contributed by atoms with Crippen LogP contribution in [0.4, 0.5) is 0 Å². The van der Waals surface area contributed by atoms with Gasteiger partial charge in [-0.2, -0.15) is 0 Å². The van der Waals surface area contributed by atoms with Crippen molar-refractivity contribution >= 4 is 6.29 Å². The Hall–Kier alpha value is -1.31. The lowest BCUT2D eigenvalue weighted by atomic mass is 9.74. The molecule has 0 spiro atoms. The van der Waals surface area contributed by atoms with Crippen molar-refractivity contribution in [2.75, 3.05) is 6.54 Å². The van der Waals surface area contributed by atoms with Gasteiger partial charge in [0.05, 0.1) is 6.04 Å². The third kappa shape index (κ3) is 2.29. The molecule has 0 aromatic rings. The van der Waals surface area contributed by atoms with Crippen LogP contribution in [0.15, 0.2) is 35.6 Å². The summed E-state index contributed by atoms with van der Waals surface area (Å²) in [6, 6.07) is 0.457. The Labute approximate surface area is 128 Å². The molecule has 3 rings (SSSR count). The minimum absolute atomic E-state index is 0.0931. The fourth-order valence-corrected chi connectivity index (χ4v) is 4.76. The van der Waals surface area contributed by atoms with E-state index in [1.165, 1.54) is 37.0 Å². The number of fused-ring (bicyclic) bond motifs is 2. The highest BCUT2D eigenvalue weighted by atomic mass is 16.1. The Morgan fingerprint density at radius 3 is 2.86 bits per heavy atom. The second kappa shape index (κ2) is 5.47. The largest absolute Gasteiger partial charge is 0.368 e. The predicted octanol–water partition coefficient (Wildman–Crippen LogP) is 4.10. The number of likely N-dealkylation sites (N-methyl/N-ethyl adjacent to an activating group) is 1. The van der Waals surface area contributed by atoms with Crippen LogP contribution in [0, 0.1) is 17.3 Å². The van der Waals surface area contributed by atoms with Gasteiger partial charge in [0.2, 0.25) is 0 Å². The van der Waals surface area contributed by atoms with Crippen molar-refractivity contribution in [3.05, 3.63) is 35.6 Å². The monoisotopic (exact) mass is 285 g/mol. The molecule has 3 unspecified atom stereocenters. The molecular formula is C19H27NO. The molecule has 2 heteroatoms. The quantitative estimate of drug-likeness (QED) is 0.562. The van der Waals surface area contributed by atoms with Gasteiger partial charge in [-0.15, -0.1) is 0 Å². The summed E-state index contributed by atoms with van der Waals surface area (Å²) in [6.45, 7) is 7.81. The Morgan fingerprint density at radius 1 is 1.33 bits per heavy atom. The van der Waals surface area contributed by atoms with E-state index >= 15 is 0 Å². The fraction of sp³-hybridized carbons (Fsp3) is 0.632. The van der Waals surface area contributed by atoms with E-state index in [0.29, 0.717) is 12.0 Å². The van der Waals surface area contributed by atoms with Crippen molar-refractivity contribution in [1.82, 2.24) is 4.90 Å². The molecule has 0 saturated carbocycles. The van der Waals surface area contributed by atoms with Crippen LogP contribution in [0.5, 0.6) is 0 Å². The second-order valence-electron chi connectivity index (χ2n) is 7.21. The molecule has 2 nitrogen and oxygen atoms in total. The zero-order chi connectivity index (χ0) is 15.0. The molecule has 0 amide bonds. The van der Waals surface area contributed by atoms with Gasteiger partial charge >= 0.3 is 0 Å². The third-order valence-electron chi connectivity index (χ3n) is 5.89. The molecule has 1 heterocycles. The maximum Gasteiger partial charge on any atom is 0.144 e. The summed E-state index contributed by atoms with van der Waals surface area (Å²) in [4.78, 5) is 13.5. The molecule has 0 bridgehead atoms. The molecule has 21 heavy (non-hydrogen) atoms. The normalized spacial score (nSPS) is 36.0. The van der Waals surface area contributed by atoms with Crippen molar-refractivity contribution in [2.45, 2.75) is 52.5 Å². The number of carbonyl (C=O) groups is 1. The van der Waals surface area contributed by atoms with Gasteiger partial charge in [-0.05, 0) is 56.1 Å². The van der Waals surface area contributed by atoms with Crippen LogP contribution in [0.1, 0.15) is 46.5 Å². The molecule has 3 aliphatic rings. The summed E-state index contributed by atoms with van der Waals surface area (Å²) >= 11 is 0. The molecule has 0 radical (unpaired) electrons. The van der Waals surface area contributed by atoms with Crippen molar-refractivity contribution < 1.29 is 4.79 Å². The highest BCUT2D eigenvalue weighted by Crippen LogP contribution is 2.52. The first-order chi connectivity index (χ1) is 10.1. The molecule has 1 fully saturated rings. The number of likely N-dealkylation sites (tertiary alicyclic amines) is 1. The SMILES string of the molecule is CCN1/C(=C\C=O)C(C)(C)C2CCC3CCC=CC3=CC21. The summed E-state index contributed by atoms with van der Waals surface area (Å²) in [5, 5.41) is 0. The first-order valence-electron chi connectivity index (χ1n) is 8.40. The van der Waals surface area contributed by atoms with Gasteiger partial charge in [0.25, 0.3) is 0 Å². The maximum absolute atomic E-state index is 11.1. The van der Waals surface area contributed by atoms with Crippen molar-refractivity contribution in [3.8, 4) is 0 Å². The van der Waals surface area contributed by atoms with E-state index in [2.05, 4.69) is 43.9 Å². The van der Waals surface area contributed by atoms with E-state index in [4.69, 9.17) is 0 Å². The van der Waals surface area contributed by atoms with E-state index in [0.717, 1.165) is 18.7 Å². The molecule has 1 aliphatic heterocycles. The van der Waals surface area contributed by atoms with Crippen LogP contribution >= 0.6 is 0 Å². The highest BCUT2D eigenvalue weighted by Gasteiger charge is 2.49. The van der Waals surface area contributed by atoms with E-state index in [1.54, 1.807) is 6.08 Å². The average molecular weight is 285 g/mol. The third-order valence-corrected chi connectivity index (χ3v) is 5.89. The van der Waals surface area contributed by atoms with Crippen molar-refractivity contribution in [2.24, 2.45) is 17.3 Å². The number of hydrogen-bond donors (Lipinski definition) is 0. The lowest BCUT2D eigenvalue weighted by Crippen LogP contribution is -2.30. The highest BCUT2D eigenvalue weighted by molar-refractivity contribution is 5.67. The number of allylic oxidation sites excluding steroid dienone is 5. The molecule has 2 aliphatic carbocycles. The second-order valence-corrected chi connectivity index (χ2v) is 7.21. The first kappa shape index (κ1) is 14.6. The smallest absolute Gasteiger partial charge is 0.144 e. The van der Waals surface area contributed by atoms with Crippen LogP contribution < -0.4 is 0 Å². The first-order valence-corrected chi connectivity index (χ1v) is 8.40. The van der Waals surface area contributed by atoms with Crippen LogP contribution in [-0.4, -0.2) is 23.8 Å². The number of hydrogen-bond acceptors (Lipinski definition) is 2. The molecule has 1 saturated heterocycles. The van der Waals surface area contributed by atoms with Gasteiger partial charge in [-0.25, -0.2) is 0 Å². The zero-order valence-electron chi connectivity index (χ0n) is 13.5. The molecule has 3 atom stereocenters. The minimum Gasteiger partial charge on any atom is -0.368 e. The zero-order valence-corrected chi connectivity index (χ0v) is 13.5. The Morgan fingerprint density at radius 2 is 2.14 bits per heavy atom. The van der Waals surface area contributed by atoms with Gasteiger partial charge in [0.15, 0.2) is 0 Å². The Balaban J connectivity index is 2.04. The van der Waals surface area contributed by atoms with Gasteiger partial charge in [-0.3, -0.25) is 4.79 Å². The summed E-state index contributed by atoms with van der Waals surface area (Å²) in [5.41, 5.74) is 2.86. The van der Waals surface area contributed by atoms with Crippen molar-refractivity contribution in [3.63, 3.8) is 0 Å². The van der Waals surface area contributed by atoms with Crippen molar-refractivity contribution in [1.29, 1.82) is 0 Å². The molecule has 0 N–H and O–H groups in total. The van der Waals surface area contributed by atoms with Gasteiger partial charge < -0.3 is 4.90 Å². The number of rotatable bonds is 2. The molecule has 0 aromatic carbocycles. The molecular weight excluding hydrogens is 258 g/mol. The van der Waals surface area contributed by atoms with Gasteiger partial charge in [0, 0.05) is 17.7 Å². The van der Waals surface area contributed by atoms with Gasteiger partial charge in [-0.1, -0.05) is 32.1 Å². The summed E-state index contributed by atoms with van der Waals surface area (Å²) in [6.07, 6.45) is 15.0. The Kier molecular flexibility index (Phi) is 3.81. The van der Waals surface area contributed by atoms with Gasteiger partial charge in [0.1, 0.15) is 6.29 Å². The average Bonchev–Trinajstić information content (AvgIpc) is 2.61. The lowest BCUT2D eigenvalue weighted by molar-refractivity contribution is -0.104. The van der Waals surface area contributed by atoms with E-state index in [-0.39, 0.29) is 5.41 Å². The Bertz CT molecular complexity index is 512.